The normalized spacial score (nSPS) is 12.6. The Morgan fingerprint density at radius 2 is 1.77 bits per heavy atom. The SMILES string of the molecule is CC(C)c1cc(C(=O)OCC(=O)NC(C)(C)CC(C)(C)C)c2cnn(C(C)C)c2n1. The fourth-order valence-electron chi connectivity index (χ4n) is 3.87. The standard InChI is InChI=1S/C23H36N4O3/c1-14(2)18-10-16(17-11-24-27(15(3)4)20(17)25-18)21(29)30-12-19(28)26-23(8,9)13-22(5,6)7/h10-11,14-15H,12-13H2,1-9H3,(H,26,28). The highest BCUT2D eigenvalue weighted by Gasteiger charge is 2.27. The Kier molecular flexibility index (Phi) is 6.94. The first-order valence-corrected chi connectivity index (χ1v) is 10.6. The third kappa shape index (κ3) is 6.03. The van der Waals surface area contributed by atoms with Crippen molar-refractivity contribution in [3.8, 4) is 0 Å². The quantitative estimate of drug-likeness (QED) is 0.666. The summed E-state index contributed by atoms with van der Waals surface area (Å²) in [6.07, 6.45) is 2.44. The molecular formula is C23H36N4O3. The number of amides is 1. The molecule has 7 nitrogen and oxygen atoms in total. The lowest BCUT2D eigenvalue weighted by Gasteiger charge is -2.33. The van der Waals surface area contributed by atoms with Crippen LogP contribution in [0.3, 0.4) is 0 Å². The van der Waals surface area contributed by atoms with Gasteiger partial charge in [0.2, 0.25) is 0 Å². The Balaban J connectivity index is 2.20. The van der Waals surface area contributed by atoms with Crippen molar-refractivity contribution in [2.45, 2.75) is 86.2 Å². The van der Waals surface area contributed by atoms with E-state index in [0.29, 0.717) is 16.6 Å². The van der Waals surface area contributed by atoms with Gasteiger partial charge in [0, 0.05) is 17.3 Å². The highest BCUT2D eigenvalue weighted by atomic mass is 16.5. The predicted octanol–water partition coefficient (Wildman–Crippen LogP) is 4.62. The molecule has 0 bridgehead atoms. The van der Waals surface area contributed by atoms with E-state index in [1.165, 1.54) is 0 Å². The second kappa shape index (κ2) is 8.74. The average Bonchev–Trinajstić information content (AvgIpc) is 3.00. The van der Waals surface area contributed by atoms with E-state index in [-0.39, 0.29) is 29.9 Å². The molecular weight excluding hydrogens is 380 g/mol. The van der Waals surface area contributed by atoms with Crippen LogP contribution in [0.5, 0.6) is 0 Å². The zero-order valence-electron chi connectivity index (χ0n) is 19.8. The lowest BCUT2D eigenvalue weighted by molar-refractivity contribution is -0.126. The van der Waals surface area contributed by atoms with Gasteiger partial charge in [-0.05, 0) is 51.5 Å². The molecule has 2 aromatic heterocycles. The Morgan fingerprint density at radius 3 is 2.30 bits per heavy atom. The van der Waals surface area contributed by atoms with E-state index in [1.807, 2.05) is 41.5 Å². The van der Waals surface area contributed by atoms with Crippen LogP contribution in [0, 0.1) is 5.41 Å². The molecule has 0 fully saturated rings. The van der Waals surface area contributed by atoms with Gasteiger partial charge < -0.3 is 10.1 Å². The summed E-state index contributed by atoms with van der Waals surface area (Å²) in [5.41, 5.74) is 1.50. The molecule has 0 aromatic carbocycles. The summed E-state index contributed by atoms with van der Waals surface area (Å²) in [7, 11) is 0. The summed E-state index contributed by atoms with van der Waals surface area (Å²) < 4.78 is 7.15. The van der Waals surface area contributed by atoms with Gasteiger partial charge in [0.1, 0.15) is 0 Å². The number of carbonyl (C=O) groups is 2. The molecule has 0 saturated heterocycles. The highest BCUT2D eigenvalue weighted by molar-refractivity contribution is 6.03. The maximum atomic E-state index is 12.8. The van der Waals surface area contributed by atoms with Gasteiger partial charge in [0.05, 0.1) is 17.1 Å². The number of hydrogen-bond acceptors (Lipinski definition) is 5. The molecule has 2 aromatic rings. The average molecular weight is 417 g/mol. The Morgan fingerprint density at radius 1 is 1.13 bits per heavy atom. The van der Waals surface area contributed by atoms with Crippen LogP contribution in [-0.4, -0.2) is 38.8 Å². The first-order chi connectivity index (χ1) is 13.7. The summed E-state index contributed by atoms with van der Waals surface area (Å²) >= 11 is 0. The lowest BCUT2D eigenvalue weighted by atomic mass is 9.82. The summed E-state index contributed by atoms with van der Waals surface area (Å²) in [6.45, 7) is 18.0. The van der Waals surface area contributed by atoms with Gasteiger partial charge in [0.25, 0.3) is 5.91 Å². The van der Waals surface area contributed by atoms with Crippen LogP contribution in [0.1, 0.15) is 96.7 Å². The maximum absolute atomic E-state index is 12.8. The number of nitrogens with zero attached hydrogens (tertiary/aromatic N) is 3. The summed E-state index contributed by atoms with van der Waals surface area (Å²) in [5, 5.41) is 7.97. The predicted molar refractivity (Wildman–Crippen MR) is 119 cm³/mol. The third-order valence-electron chi connectivity index (χ3n) is 4.67. The van der Waals surface area contributed by atoms with Crippen molar-refractivity contribution in [2.75, 3.05) is 6.61 Å². The number of fused-ring (bicyclic) bond motifs is 1. The maximum Gasteiger partial charge on any atom is 0.339 e. The molecule has 0 aliphatic heterocycles. The van der Waals surface area contributed by atoms with Crippen LogP contribution < -0.4 is 5.32 Å². The second-order valence-electron chi connectivity index (χ2n) is 10.4. The minimum atomic E-state index is -0.545. The molecule has 0 saturated carbocycles. The van der Waals surface area contributed by atoms with Crippen molar-refractivity contribution in [3.63, 3.8) is 0 Å². The molecule has 0 atom stereocenters. The fourth-order valence-corrected chi connectivity index (χ4v) is 3.87. The molecule has 0 spiro atoms. The van der Waals surface area contributed by atoms with Gasteiger partial charge in [-0.2, -0.15) is 5.10 Å². The first-order valence-electron chi connectivity index (χ1n) is 10.6. The number of pyridine rings is 1. The number of nitrogens with one attached hydrogen (secondary N) is 1. The molecule has 0 aliphatic rings. The van der Waals surface area contributed by atoms with E-state index in [1.54, 1.807) is 16.9 Å². The minimum Gasteiger partial charge on any atom is -0.452 e. The largest absolute Gasteiger partial charge is 0.452 e. The van der Waals surface area contributed by atoms with Crippen molar-refractivity contribution in [1.29, 1.82) is 0 Å². The number of carbonyl (C=O) groups excluding carboxylic acids is 2. The van der Waals surface area contributed by atoms with Gasteiger partial charge in [-0.3, -0.25) is 4.79 Å². The molecule has 30 heavy (non-hydrogen) atoms. The zero-order chi connectivity index (χ0) is 22.9. The van der Waals surface area contributed by atoms with Crippen molar-refractivity contribution in [2.24, 2.45) is 5.41 Å². The van der Waals surface area contributed by atoms with E-state index in [9.17, 15) is 9.59 Å². The topological polar surface area (TPSA) is 86.1 Å². The van der Waals surface area contributed by atoms with E-state index >= 15 is 0 Å². The molecule has 2 rings (SSSR count). The zero-order valence-corrected chi connectivity index (χ0v) is 19.8. The van der Waals surface area contributed by atoms with Gasteiger partial charge >= 0.3 is 5.97 Å². The van der Waals surface area contributed by atoms with Crippen molar-refractivity contribution >= 4 is 22.9 Å². The number of rotatable bonds is 7. The van der Waals surface area contributed by atoms with Gasteiger partial charge in [-0.1, -0.05) is 34.6 Å². The van der Waals surface area contributed by atoms with Gasteiger partial charge in [-0.25, -0.2) is 14.5 Å². The Hall–Kier alpha value is -2.44. The Labute approximate surface area is 179 Å². The summed E-state index contributed by atoms with van der Waals surface area (Å²) in [4.78, 5) is 29.9. The van der Waals surface area contributed by atoms with Crippen LogP contribution in [-0.2, 0) is 9.53 Å². The van der Waals surface area contributed by atoms with Crippen molar-refractivity contribution < 1.29 is 14.3 Å². The van der Waals surface area contributed by atoms with Gasteiger partial charge in [0.15, 0.2) is 12.3 Å². The number of ether oxygens (including phenoxy) is 1. The fraction of sp³-hybridized carbons (Fsp3) is 0.652. The van der Waals surface area contributed by atoms with Crippen molar-refractivity contribution in [1.82, 2.24) is 20.1 Å². The van der Waals surface area contributed by atoms with Crippen LogP contribution in [0.2, 0.25) is 0 Å². The molecule has 1 N–H and O–H groups in total. The number of hydrogen-bond donors (Lipinski definition) is 1. The first kappa shape index (κ1) is 23.8. The van der Waals surface area contributed by atoms with Crippen LogP contribution >= 0.6 is 0 Å². The molecule has 0 radical (unpaired) electrons. The van der Waals surface area contributed by atoms with E-state index in [2.05, 4.69) is 31.2 Å². The lowest BCUT2D eigenvalue weighted by Crippen LogP contribution is -2.47. The number of aromatic nitrogens is 3. The Bertz CT molecular complexity index is 920. The molecule has 1 amide bonds. The molecule has 0 unspecified atom stereocenters. The summed E-state index contributed by atoms with van der Waals surface area (Å²) in [5.74, 6) is -0.723. The molecule has 2 heterocycles. The van der Waals surface area contributed by atoms with E-state index < -0.39 is 11.5 Å². The monoisotopic (exact) mass is 416 g/mol. The van der Waals surface area contributed by atoms with E-state index in [0.717, 1.165) is 12.1 Å². The second-order valence-corrected chi connectivity index (χ2v) is 10.4. The van der Waals surface area contributed by atoms with E-state index in [4.69, 9.17) is 9.72 Å². The molecule has 166 valence electrons. The smallest absolute Gasteiger partial charge is 0.339 e. The van der Waals surface area contributed by atoms with Crippen molar-refractivity contribution in [3.05, 3.63) is 23.5 Å². The van der Waals surface area contributed by atoms with Crippen LogP contribution in [0.25, 0.3) is 11.0 Å². The van der Waals surface area contributed by atoms with Crippen LogP contribution in [0.15, 0.2) is 12.3 Å². The highest BCUT2D eigenvalue weighted by Crippen LogP contribution is 2.27. The summed E-state index contributed by atoms with van der Waals surface area (Å²) in [6, 6.07) is 1.85. The minimum absolute atomic E-state index is 0.0694. The third-order valence-corrected chi connectivity index (χ3v) is 4.67. The van der Waals surface area contributed by atoms with Gasteiger partial charge in [-0.15, -0.1) is 0 Å². The van der Waals surface area contributed by atoms with Crippen LogP contribution in [0.4, 0.5) is 0 Å². The molecule has 7 heteroatoms. The molecule has 0 aliphatic carbocycles. The number of esters is 1.